The number of rotatable bonds is 6. The number of nitrogens with zero attached hydrogens (tertiary/aromatic N) is 4. The van der Waals surface area contributed by atoms with Crippen LogP contribution in [0.2, 0.25) is 0 Å². The molecule has 202 valence electrons. The fourth-order valence-corrected chi connectivity index (χ4v) is 6.86. The van der Waals surface area contributed by atoms with E-state index >= 15 is 0 Å². The molecule has 0 spiro atoms. The van der Waals surface area contributed by atoms with Crippen molar-refractivity contribution in [2.24, 2.45) is 17.8 Å². The first kappa shape index (κ1) is 25.1. The minimum Gasteiger partial charge on any atom is -0.369 e. The van der Waals surface area contributed by atoms with Gasteiger partial charge >= 0.3 is 0 Å². The van der Waals surface area contributed by atoms with Gasteiger partial charge in [-0.3, -0.25) is 14.5 Å². The molecule has 2 aliphatic carbocycles. The van der Waals surface area contributed by atoms with E-state index in [4.69, 9.17) is 4.98 Å². The number of likely N-dealkylation sites (N-methyl/N-ethyl adjacent to an activating group) is 2. The number of allylic oxidation sites excluding steroid dienone is 1. The van der Waals surface area contributed by atoms with Gasteiger partial charge in [-0.1, -0.05) is 12.2 Å². The first-order valence-corrected chi connectivity index (χ1v) is 13.9. The van der Waals surface area contributed by atoms with E-state index in [0.29, 0.717) is 0 Å². The van der Waals surface area contributed by atoms with Crippen LogP contribution in [-0.4, -0.2) is 90.4 Å². The summed E-state index contributed by atoms with van der Waals surface area (Å²) in [6.45, 7) is 8.41. The zero-order chi connectivity index (χ0) is 26.6. The largest absolute Gasteiger partial charge is 0.369 e. The van der Waals surface area contributed by atoms with Crippen molar-refractivity contribution in [3.63, 3.8) is 0 Å². The number of aromatic nitrogens is 2. The van der Waals surface area contributed by atoms with Crippen molar-refractivity contribution in [2.45, 2.75) is 38.4 Å². The molecule has 0 radical (unpaired) electrons. The number of piperazine rings is 1. The molecule has 1 amide bonds. The summed E-state index contributed by atoms with van der Waals surface area (Å²) in [7, 11) is 4.16. The third kappa shape index (κ3) is 4.41. The van der Waals surface area contributed by atoms with Crippen LogP contribution in [0.25, 0.3) is 11.4 Å². The quantitative estimate of drug-likeness (QED) is 0.507. The van der Waals surface area contributed by atoms with E-state index in [1.807, 2.05) is 20.9 Å². The Hall–Kier alpha value is -3.17. The first-order chi connectivity index (χ1) is 18.3. The number of nitrogens with one attached hydrogen (secondary N) is 3. The summed E-state index contributed by atoms with van der Waals surface area (Å²) in [6, 6.07) is 8.11. The van der Waals surface area contributed by atoms with Gasteiger partial charge in [0.1, 0.15) is 11.9 Å². The smallest absolute Gasteiger partial charge is 0.225 e. The number of fused-ring (bicyclic) bond motifs is 3. The third-order valence-corrected chi connectivity index (χ3v) is 8.78. The van der Waals surface area contributed by atoms with Crippen molar-refractivity contribution < 1.29 is 9.59 Å². The van der Waals surface area contributed by atoms with Gasteiger partial charge in [-0.15, -0.1) is 0 Å². The normalized spacial score (nSPS) is 28.7. The van der Waals surface area contributed by atoms with Crippen LogP contribution in [0.1, 0.15) is 32.0 Å². The summed E-state index contributed by atoms with van der Waals surface area (Å²) in [4.78, 5) is 41.8. The maximum absolute atomic E-state index is 13.3. The number of anilines is 2. The Morgan fingerprint density at radius 3 is 2.53 bits per heavy atom. The molecule has 1 saturated carbocycles. The molecule has 2 aromatic rings. The first-order valence-electron chi connectivity index (χ1n) is 13.9. The van der Waals surface area contributed by atoms with Gasteiger partial charge in [0.15, 0.2) is 11.6 Å². The fraction of sp³-hybridized carbons (Fsp3) is 0.552. The molecule has 9 heteroatoms. The zero-order valence-electron chi connectivity index (χ0n) is 22.8. The lowest BCUT2D eigenvalue weighted by molar-refractivity contribution is -0.131. The summed E-state index contributed by atoms with van der Waals surface area (Å²) >= 11 is 0. The highest BCUT2D eigenvalue weighted by Gasteiger charge is 2.52. The van der Waals surface area contributed by atoms with Gasteiger partial charge in [0.2, 0.25) is 5.91 Å². The Kier molecular flexibility index (Phi) is 6.52. The molecular weight excluding hydrogens is 478 g/mol. The number of imidazole rings is 1. The van der Waals surface area contributed by atoms with Gasteiger partial charge in [0, 0.05) is 49.5 Å². The van der Waals surface area contributed by atoms with Crippen LogP contribution in [0.15, 0.2) is 36.4 Å². The molecule has 2 fully saturated rings. The SMILES string of the molecule is CC(C)NC(=O)C1C2C=CC(C2)C1N(C)C1C(=O)CNc2nc(-c3ccc(N4CCN(C)CC4)cc3)[nH]c21. The van der Waals surface area contributed by atoms with Crippen LogP contribution in [0.5, 0.6) is 0 Å². The van der Waals surface area contributed by atoms with E-state index in [1.165, 1.54) is 5.69 Å². The maximum atomic E-state index is 13.3. The Balaban J connectivity index is 1.25. The number of H-pyrrole nitrogens is 1. The van der Waals surface area contributed by atoms with Crippen LogP contribution in [-0.2, 0) is 9.59 Å². The molecule has 38 heavy (non-hydrogen) atoms. The van der Waals surface area contributed by atoms with E-state index in [2.05, 4.69) is 73.8 Å². The molecular formula is C29H39N7O2. The molecule has 1 aromatic heterocycles. The lowest BCUT2D eigenvalue weighted by atomic mass is 9.85. The molecule has 6 rings (SSSR count). The van der Waals surface area contributed by atoms with Crippen molar-refractivity contribution in [1.29, 1.82) is 0 Å². The number of hydrogen-bond acceptors (Lipinski definition) is 7. The van der Waals surface area contributed by atoms with E-state index in [1.54, 1.807) is 0 Å². The fourth-order valence-electron chi connectivity index (χ4n) is 6.86. The molecule has 1 aromatic carbocycles. The standard InChI is InChI=1S/C29H39N7O2/c1-17(2)31-29(38)23-19-5-6-20(15-19)25(23)35(4)26-22(37)16-30-28-24(26)32-27(33-28)18-7-9-21(10-8-18)36-13-11-34(3)12-14-36/h5-10,17,19-20,23,25-26,30H,11-16H2,1-4H3,(H,31,38)(H,32,33). The Morgan fingerprint density at radius 1 is 1.11 bits per heavy atom. The summed E-state index contributed by atoms with van der Waals surface area (Å²) in [5.74, 6) is 1.98. The third-order valence-electron chi connectivity index (χ3n) is 8.78. The topological polar surface area (TPSA) is 96.6 Å². The highest BCUT2D eigenvalue weighted by molar-refractivity contribution is 5.93. The molecule has 5 unspecified atom stereocenters. The minimum atomic E-state index is -0.468. The molecule has 2 bridgehead atoms. The molecule has 1 saturated heterocycles. The number of amides is 1. The van der Waals surface area contributed by atoms with Crippen LogP contribution in [0, 0.1) is 17.8 Å². The highest BCUT2D eigenvalue weighted by atomic mass is 16.2. The van der Waals surface area contributed by atoms with Gasteiger partial charge in [-0.25, -0.2) is 4.98 Å². The second-order valence-corrected chi connectivity index (χ2v) is 11.7. The Bertz CT molecular complexity index is 1230. The monoisotopic (exact) mass is 517 g/mol. The number of benzene rings is 1. The number of Topliss-reactive ketones (excluding diaryl/α,β-unsaturated/α-hetero) is 1. The molecule has 4 aliphatic rings. The molecule has 3 heterocycles. The van der Waals surface area contributed by atoms with E-state index in [9.17, 15) is 9.59 Å². The average Bonchev–Trinajstić information content (AvgIpc) is 3.63. The van der Waals surface area contributed by atoms with Crippen LogP contribution in [0.4, 0.5) is 11.5 Å². The minimum absolute atomic E-state index is 0.0294. The Labute approximate surface area is 224 Å². The lowest BCUT2D eigenvalue weighted by Crippen LogP contribution is -2.52. The molecule has 3 N–H and O–H groups in total. The summed E-state index contributed by atoms with van der Waals surface area (Å²) in [5, 5.41) is 6.34. The van der Waals surface area contributed by atoms with Crippen molar-refractivity contribution in [1.82, 2.24) is 25.1 Å². The summed E-state index contributed by atoms with van der Waals surface area (Å²) in [5.41, 5.74) is 3.00. The number of carbonyl (C=O) groups excluding carboxylic acids is 2. The van der Waals surface area contributed by atoms with E-state index < -0.39 is 6.04 Å². The second-order valence-electron chi connectivity index (χ2n) is 11.7. The lowest BCUT2D eigenvalue weighted by Gasteiger charge is -2.40. The predicted octanol–water partition coefficient (Wildman–Crippen LogP) is 2.51. The van der Waals surface area contributed by atoms with Gasteiger partial charge in [0.05, 0.1) is 18.2 Å². The average molecular weight is 518 g/mol. The van der Waals surface area contributed by atoms with Crippen LogP contribution in [0.3, 0.4) is 0 Å². The summed E-state index contributed by atoms with van der Waals surface area (Å²) in [6.07, 6.45) is 5.39. The second kappa shape index (κ2) is 9.85. The number of ketones is 1. The van der Waals surface area contributed by atoms with Crippen molar-refractivity contribution in [3.05, 3.63) is 42.1 Å². The van der Waals surface area contributed by atoms with Crippen LogP contribution < -0.4 is 15.5 Å². The van der Waals surface area contributed by atoms with Gasteiger partial charge in [-0.2, -0.15) is 0 Å². The molecule has 2 aliphatic heterocycles. The predicted molar refractivity (Wildman–Crippen MR) is 149 cm³/mol. The summed E-state index contributed by atoms with van der Waals surface area (Å²) < 4.78 is 0. The van der Waals surface area contributed by atoms with Crippen LogP contribution >= 0.6 is 0 Å². The Morgan fingerprint density at radius 2 is 1.82 bits per heavy atom. The zero-order valence-corrected chi connectivity index (χ0v) is 22.8. The van der Waals surface area contributed by atoms with E-state index in [-0.39, 0.29) is 48.1 Å². The number of hydrogen-bond donors (Lipinski definition) is 3. The van der Waals surface area contributed by atoms with E-state index in [0.717, 1.165) is 55.5 Å². The van der Waals surface area contributed by atoms with Gasteiger partial charge < -0.3 is 25.4 Å². The number of carbonyl (C=O) groups is 2. The molecule has 5 atom stereocenters. The van der Waals surface area contributed by atoms with Gasteiger partial charge in [0.25, 0.3) is 0 Å². The number of aromatic amines is 1. The highest BCUT2D eigenvalue weighted by Crippen LogP contribution is 2.48. The van der Waals surface area contributed by atoms with Crippen molar-refractivity contribution in [3.8, 4) is 11.4 Å². The van der Waals surface area contributed by atoms with Crippen molar-refractivity contribution in [2.75, 3.05) is 57.0 Å². The van der Waals surface area contributed by atoms with Gasteiger partial charge in [-0.05, 0) is 70.5 Å². The maximum Gasteiger partial charge on any atom is 0.225 e. The van der Waals surface area contributed by atoms with Crippen molar-refractivity contribution >= 4 is 23.2 Å². The molecule has 9 nitrogen and oxygen atoms in total.